The fourth-order valence-corrected chi connectivity index (χ4v) is 3.83. The Morgan fingerprint density at radius 2 is 1.96 bits per heavy atom. The number of benzene rings is 1. The molecular weight excluding hydrogens is 284 g/mol. The van der Waals surface area contributed by atoms with Crippen molar-refractivity contribution in [3.63, 3.8) is 0 Å². The van der Waals surface area contributed by atoms with E-state index in [0.29, 0.717) is 12.1 Å². The summed E-state index contributed by atoms with van der Waals surface area (Å²) >= 11 is 0. The lowest BCUT2D eigenvalue weighted by Gasteiger charge is -2.33. The molecule has 2 N–H and O–H groups in total. The van der Waals surface area contributed by atoms with Gasteiger partial charge in [-0.25, -0.2) is 0 Å². The van der Waals surface area contributed by atoms with Crippen LogP contribution in [-0.2, 0) is 6.42 Å². The van der Waals surface area contributed by atoms with Crippen LogP contribution in [-0.4, -0.2) is 24.2 Å². The van der Waals surface area contributed by atoms with Gasteiger partial charge in [-0.05, 0) is 57.7 Å². The maximum Gasteiger partial charge on any atom is 0.143 e. The lowest BCUT2D eigenvalue weighted by Crippen LogP contribution is -2.40. The summed E-state index contributed by atoms with van der Waals surface area (Å²) in [6.45, 7) is 7.42. The molecule has 0 radical (unpaired) electrons. The fourth-order valence-electron chi connectivity index (χ4n) is 3.83. The van der Waals surface area contributed by atoms with E-state index in [-0.39, 0.29) is 5.60 Å². The summed E-state index contributed by atoms with van der Waals surface area (Å²) in [6.07, 6.45) is 9.38. The van der Waals surface area contributed by atoms with Crippen LogP contribution in [0.2, 0.25) is 0 Å². The van der Waals surface area contributed by atoms with Crippen molar-refractivity contribution in [2.45, 2.75) is 83.4 Å². The zero-order valence-corrected chi connectivity index (χ0v) is 15.0. The van der Waals surface area contributed by atoms with Crippen molar-refractivity contribution in [1.29, 1.82) is 0 Å². The lowest BCUT2D eigenvalue weighted by atomic mass is 10.0. The molecule has 1 aliphatic carbocycles. The molecule has 23 heavy (non-hydrogen) atoms. The minimum atomic E-state index is -0.122. The molecule has 0 saturated heterocycles. The SMILES string of the molecule is CC(Cc1ccc2c(c1)NCC(C)(C)O2)NC1CCCCCC1. The number of rotatable bonds is 4. The second kappa shape index (κ2) is 7.12. The van der Waals surface area contributed by atoms with E-state index in [2.05, 4.69) is 49.6 Å². The third-order valence-electron chi connectivity index (χ3n) is 5.05. The Hall–Kier alpha value is -1.22. The summed E-state index contributed by atoms with van der Waals surface area (Å²) in [5.74, 6) is 0.981. The first kappa shape index (κ1) is 16.6. The summed E-state index contributed by atoms with van der Waals surface area (Å²) in [5.41, 5.74) is 2.40. The third-order valence-corrected chi connectivity index (χ3v) is 5.05. The minimum Gasteiger partial charge on any atom is -0.484 e. The van der Waals surface area contributed by atoms with E-state index in [1.807, 2.05) is 0 Å². The van der Waals surface area contributed by atoms with Gasteiger partial charge in [0, 0.05) is 12.1 Å². The highest BCUT2D eigenvalue weighted by Gasteiger charge is 2.26. The summed E-state index contributed by atoms with van der Waals surface area (Å²) in [6, 6.07) is 7.84. The van der Waals surface area contributed by atoms with E-state index >= 15 is 0 Å². The van der Waals surface area contributed by atoms with Gasteiger partial charge >= 0.3 is 0 Å². The van der Waals surface area contributed by atoms with Crippen LogP contribution in [0.3, 0.4) is 0 Å². The zero-order valence-electron chi connectivity index (χ0n) is 15.0. The predicted molar refractivity (Wildman–Crippen MR) is 97.4 cm³/mol. The van der Waals surface area contributed by atoms with Gasteiger partial charge in [-0.15, -0.1) is 0 Å². The van der Waals surface area contributed by atoms with Gasteiger partial charge in [0.1, 0.15) is 11.4 Å². The molecule has 128 valence electrons. The second-order valence-electron chi connectivity index (χ2n) is 8.01. The van der Waals surface area contributed by atoms with Crippen molar-refractivity contribution < 1.29 is 4.74 Å². The molecule has 2 aliphatic rings. The summed E-state index contributed by atoms with van der Waals surface area (Å²) < 4.78 is 6.04. The first-order valence-corrected chi connectivity index (χ1v) is 9.34. The van der Waals surface area contributed by atoms with Gasteiger partial charge in [0.05, 0.1) is 12.2 Å². The molecule has 0 spiro atoms. The molecule has 1 unspecified atom stereocenters. The highest BCUT2D eigenvalue weighted by Crippen LogP contribution is 2.33. The van der Waals surface area contributed by atoms with Crippen LogP contribution >= 0.6 is 0 Å². The Bertz CT molecular complexity index is 518. The smallest absolute Gasteiger partial charge is 0.143 e. The molecule has 3 rings (SSSR count). The molecule has 0 bridgehead atoms. The Labute approximate surface area is 141 Å². The number of anilines is 1. The number of ether oxygens (including phenoxy) is 1. The van der Waals surface area contributed by atoms with Crippen LogP contribution in [0.4, 0.5) is 5.69 Å². The molecule has 1 aliphatic heterocycles. The molecule has 1 fully saturated rings. The molecule has 0 amide bonds. The lowest BCUT2D eigenvalue weighted by molar-refractivity contribution is 0.116. The van der Waals surface area contributed by atoms with Crippen LogP contribution in [0, 0.1) is 0 Å². The summed E-state index contributed by atoms with van der Waals surface area (Å²) in [7, 11) is 0. The molecule has 1 saturated carbocycles. The van der Waals surface area contributed by atoms with Crippen molar-refractivity contribution in [2.75, 3.05) is 11.9 Å². The molecule has 1 atom stereocenters. The predicted octanol–water partition coefficient (Wildman–Crippen LogP) is 4.51. The zero-order chi connectivity index (χ0) is 16.3. The van der Waals surface area contributed by atoms with Crippen molar-refractivity contribution in [3.8, 4) is 5.75 Å². The van der Waals surface area contributed by atoms with Crippen LogP contribution in [0.15, 0.2) is 18.2 Å². The van der Waals surface area contributed by atoms with Crippen molar-refractivity contribution in [1.82, 2.24) is 5.32 Å². The van der Waals surface area contributed by atoms with Crippen LogP contribution in [0.5, 0.6) is 5.75 Å². The molecule has 1 heterocycles. The largest absolute Gasteiger partial charge is 0.484 e. The number of hydrogen-bond donors (Lipinski definition) is 2. The van der Waals surface area contributed by atoms with E-state index in [1.54, 1.807) is 0 Å². The summed E-state index contributed by atoms with van der Waals surface area (Å²) in [4.78, 5) is 0. The number of fused-ring (bicyclic) bond motifs is 1. The first-order valence-electron chi connectivity index (χ1n) is 9.34. The monoisotopic (exact) mass is 316 g/mol. The van der Waals surface area contributed by atoms with E-state index < -0.39 is 0 Å². The third kappa shape index (κ3) is 4.63. The maximum atomic E-state index is 6.04. The molecular formula is C20H32N2O. The molecule has 3 heteroatoms. The van der Waals surface area contributed by atoms with Gasteiger partial charge in [-0.2, -0.15) is 0 Å². The Morgan fingerprint density at radius 1 is 1.22 bits per heavy atom. The second-order valence-corrected chi connectivity index (χ2v) is 8.01. The molecule has 1 aromatic carbocycles. The topological polar surface area (TPSA) is 33.3 Å². The number of nitrogens with one attached hydrogen (secondary N) is 2. The van der Waals surface area contributed by atoms with Crippen LogP contribution < -0.4 is 15.4 Å². The van der Waals surface area contributed by atoms with Gasteiger partial charge < -0.3 is 15.4 Å². The Morgan fingerprint density at radius 3 is 2.70 bits per heavy atom. The quantitative estimate of drug-likeness (QED) is 0.802. The van der Waals surface area contributed by atoms with E-state index in [0.717, 1.165) is 24.4 Å². The standard InChI is InChI=1S/C20H32N2O/c1-15(22-17-8-6-4-5-7-9-17)12-16-10-11-19-18(13-16)21-14-20(2,3)23-19/h10-11,13,15,17,21-22H,4-9,12,14H2,1-3H3. The van der Waals surface area contributed by atoms with Crippen LogP contribution in [0.1, 0.15) is 64.9 Å². The van der Waals surface area contributed by atoms with Gasteiger partial charge in [0.15, 0.2) is 0 Å². The minimum absolute atomic E-state index is 0.122. The average Bonchev–Trinajstić information content (AvgIpc) is 2.75. The molecule has 1 aromatic rings. The summed E-state index contributed by atoms with van der Waals surface area (Å²) in [5, 5.41) is 7.36. The number of hydrogen-bond acceptors (Lipinski definition) is 3. The van der Waals surface area contributed by atoms with E-state index in [1.165, 1.54) is 44.1 Å². The maximum absolute atomic E-state index is 6.04. The highest BCUT2D eigenvalue weighted by molar-refractivity contribution is 5.60. The normalized spacial score (nSPS) is 22.4. The van der Waals surface area contributed by atoms with E-state index in [9.17, 15) is 0 Å². The Balaban J connectivity index is 1.57. The van der Waals surface area contributed by atoms with E-state index in [4.69, 9.17) is 4.74 Å². The van der Waals surface area contributed by atoms with Crippen LogP contribution in [0.25, 0.3) is 0 Å². The van der Waals surface area contributed by atoms with Crippen molar-refractivity contribution >= 4 is 5.69 Å². The van der Waals surface area contributed by atoms with Gasteiger partial charge in [-0.3, -0.25) is 0 Å². The molecule has 0 aromatic heterocycles. The first-order chi connectivity index (χ1) is 11.0. The van der Waals surface area contributed by atoms with Crippen molar-refractivity contribution in [3.05, 3.63) is 23.8 Å². The van der Waals surface area contributed by atoms with Gasteiger partial charge in [0.25, 0.3) is 0 Å². The molecule has 3 nitrogen and oxygen atoms in total. The van der Waals surface area contributed by atoms with Crippen molar-refractivity contribution in [2.24, 2.45) is 0 Å². The van der Waals surface area contributed by atoms with Gasteiger partial charge in [-0.1, -0.05) is 31.7 Å². The average molecular weight is 316 g/mol. The Kier molecular flexibility index (Phi) is 5.15. The van der Waals surface area contributed by atoms with Gasteiger partial charge in [0.2, 0.25) is 0 Å². The highest BCUT2D eigenvalue weighted by atomic mass is 16.5. The fraction of sp³-hybridized carbons (Fsp3) is 0.700.